The molecule has 0 aromatic carbocycles. The van der Waals surface area contributed by atoms with E-state index in [1.807, 2.05) is 0 Å². The van der Waals surface area contributed by atoms with Gasteiger partial charge in [0.2, 0.25) is 0 Å². The molecule has 0 spiro atoms. The molecule has 3 nitrogen and oxygen atoms in total. The number of aromatic nitrogens is 2. The molecule has 1 unspecified atom stereocenters. The highest BCUT2D eigenvalue weighted by Gasteiger charge is 2.27. The molecule has 1 saturated carbocycles. The summed E-state index contributed by atoms with van der Waals surface area (Å²) in [7, 11) is 0. The Labute approximate surface area is 138 Å². The zero-order valence-corrected chi connectivity index (χ0v) is 15.4. The molecule has 1 aromatic heterocycles. The van der Waals surface area contributed by atoms with E-state index in [4.69, 9.17) is 5.10 Å². The summed E-state index contributed by atoms with van der Waals surface area (Å²) in [5.74, 6) is 0.841. The van der Waals surface area contributed by atoms with Gasteiger partial charge in [0.15, 0.2) is 0 Å². The highest BCUT2D eigenvalue weighted by atomic mass is 79.9. The average Bonchev–Trinajstić information content (AvgIpc) is 3.12. The van der Waals surface area contributed by atoms with Gasteiger partial charge in [-0.25, -0.2) is 0 Å². The van der Waals surface area contributed by atoms with Gasteiger partial charge in [0, 0.05) is 19.0 Å². The van der Waals surface area contributed by atoms with Crippen LogP contribution in [0.1, 0.15) is 64.3 Å². The third-order valence-electron chi connectivity index (χ3n) is 4.73. The van der Waals surface area contributed by atoms with Gasteiger partial charge in [-0.1, -0.05) is 26.7 Å². The molecule has 0 bridgehead atoms. The second kappa shape index (κ2) is 8.33. The van der Waals surface area contributed by atoms with Gasteiger partial charge in [-0.05, 0) is 61.0 Å². The summed E-state index contributed by atoms with van der Waals surface area (Å²) in [6.07, 6.45) is 8.90. The number of nitrogens with zero attached hydrogens (tertiary/aromatic N) is 2. The van der Waals surface area contributed by atoms with Crippen LogP contribution in [0.15, 0.2) is 4.47 Å². The van der Waals surface area contributed by atoms with Gasteiger partial charge in [0.1, 0.15) is 0 Å². The first-order valence-corrected chi connectivity index (χ1v) is 9.47. The molecule has 0 saturated heterocycles. The Hall–Kier alpha value is -0.350. The summed E-state index contributed by atoms with van der Waals surface area (Å²) in [5.41, 5.74) is 2.59. The lowest BCUT2D eigenvalue weighted by atomic mass is 9.93. The van der Waals surface area contributed by atoms with Crippen molar-refractivity contribution in [1.82, 2.24) is 15.1 Å². The van der Waals surface area contributed by atoms with Crippen LogP contribution in [-0.2, 0) is 19.4 Å². The van der Waals surface area contributed by atoms with E-state index >= 15 is 0 Å². The first-order chi connectivity index (χ1) is 10.2. The molecule has 120 valence electrons. The molecule has 0 amide bonds. The fourth-order valence-corrected chi connectivity index (χ4v) is 4.24. The van der Waals surface area contributed by atoms with Crippen LogP contribution in [0, 0.1) is 5.92 Å². The van der Waals surface area contributed by atoms with Crippen LogP contribution in [0.25, 0.3) is 0 Å². The highest BCUT2D eigenvalue weighted by molar-refractivity contribution is 9.10. The largest absolute Gasteiger partial charge is 0.313 e. The number of hydrogen-bond acceptors (Lipinski definition) is 2. The van der Waals surface area contributed by atoms with E-state index in [1.165, 1.54) is 48.0 Å². The molecule has 1 heterocycles. The molecular formula is C17H30BrN3. The molecule has 4 heteroatoms. The topological polar surface area (TPSA) is 29.9 Å². The van der Waals surface area contributed by atoms with Crippen molar-refractivity contribution >= 4 is 15.9 Å². The molecule has 1 aliphatic carbocycles. The zero-order chi connectivity index (χ0) is 15.2. The summed E-state index contributed by atoms with van der Waals surface area (Å²) >= 11 is 3.80. The van der Waals surface area contributed by atoms with Crippen molar-refractivity contribution in [3.05, 3.63) is 15.9 Å². The number of nitrogens with one attached hydrogen (secondary N) is 1. The fourth-order valence-electron chi connectivity index (χ4n) is 3.52. The van der Waals surface area contributed by atoms with Crippen molar-refractivity contribution < 1.29 is 0 Å². The standard InChI is InChI=1S/C17H30BrN3/c1-4-11-19-15(13-9-7-8-10-13)12-16-17(18)14(5-2)20-21(16)6-3/h13,15,19H,4-12H2,1-3H3. The summed E-state index contributed by atoms with van der Waals surface area (Å²) in [5, 5.41) is 8.55. The third kappa shape index (κ3) is 4.10. The number of rotatable bonds is 8. The van der Waals surface area contributed by atoms with Crippen LogP contribution in [0.3, 0.4) is 0 Å². The Morgan fingerprint density at radius 1 is 1.29 bits per heavy atom. The Bertz CT molecular complexity index is 435. The third-order valence-corrected chi connectivity index (χ3v) is 5.65. The van der Waals surface area contributed by atoms with Crippen LogP contribution in [-0.4, -0.2) is 22.4 Å². The van der Waals surface area contributed by atoms with Gasteiger partial charge in [-0.3, -0.25) is 4.68 Å². The monoisotopic (exact) mass is 355 g/mol. The summed E-state index contributed by atoms with van der Waals surface area (Å²) in [6.45, 7) is 8.70. The predicted octanol–water partition coefficient (Wildman–Crippen LogP) is 4.33. The zero-order valence-electron chi connectivity index (χ0n) is 13.8. The fraction of sp³-hybridized carbons (Fsp3) is 0.824. The first-order valence-electron chi connectivity index (χ1n) is 8.68. The van der Waals surface area contributed by atoms with E-state index in [2.05, 4.69) is 46.7 Å². The van der Waals surface area contributed by atoms with Crippen LogP contribution in [0.2, 0.25) is 0 Å². The van der Waals surface area contributed by atoms with Crippen molar-refractivity contribution in [1.29, 1.82) is 0 Å². The number of halogens is 1. The van der Waals surface area contributed by atoms with Gasteiger partial charge >= 0.3 is 0 Å². The van der Waals surface area contributed by atoms with Crippen molar-refractivity contribution in [2.75, 3.05) is 6.54 Å². The molecular weight excluding hydrogens is 326 g/mol. The number of hydrogen-bond donors (Lipinski definition) is 1. The summed E-state index contributed by atoms with van der Waals surface area (Å²) in [4.78, 5) is 0. The molecule has 1 atom stereocenters. The van der Waals surface area contributed by atoms with Crippen LogP contribution < -0.4 is 5.32 Å². The summed E-state index contributed by atoms with van der Waals surface area (Å²) in [6, 6.07) is 0.607. The second-order valence-corrected chi connectivity index (χ2v) is 6.98. The molecule has 1 aliphatic rings. The van der Waals surface area contributed by atoms with Crippen LogP contribution >= 0.6 is 15.9 Å². The minimum absolute atomic E-state index is 0.607. The van der Waals surface area contributed by atoms with Gasteiger partial charge in [-0.2, -0.15) is 5.10 Å². The average molecular weight is 356 g/mol. The maximum atomic E-state index is 4.75. The van der Waals surface area contributed by atoms with Gasteiger partial charge in [0.25, 0.3) is 0 Å². The predicted molar refractivity (Wildman–Crippen MR) is 92.7 cm³/mol. The number of aryl methyl sites for hydroxylation is 2. The van der Waals surface area contributed by atoms with Gasteiger partial charge in [0.05, 0.1) is 15.9 Å². The van der Waals surface area contributed by atoms with Crippen LogP contribution in [0.4, 0.5) is 0 Å². The van der Waals surface area contributed by atoms with E-state index < -0.39 is 0 Å². The van der Waals surface area contributed by atoms with Crippen molar-refractivity contribution in [2.45, 2.75) is 78.3 Å². The van der Waals surface area contributed by atoms with Crippen molar-refractivity contribution in [3.8, 4) is 0 Å². The SMILES string of the molecule is CCCNC(Cc1c(Br)c(CC)nn1CC)C1CCCC1. The smallest absolute Gasteiger partial charge is 0.0766 e. The van der Waals surface area contributed by atoms with E-state index in [9.17, 15) is 0 Å². The van der Waals surface area contributed by atoms with Crippen molar-refractivity contribution in [3.63, 3.8) is 0 Å². The maximum absolute atomic E-state index is 4.75. The Balaban J connectivity index is 2.16. The molecule has 0 radical (unpaired) electrons. The lowest BCUT2D eigenvalue weighted by Crippen LogP contribution is -2.38. The van der Waals surface area contributed by atoms with E-state index in [1.54, 1.807) is 0 Å². The molecule has 21 heavy (non-hydrogen) atoms. The molecule has 0 aliphatic heterocycles. The van der Waals surface area contributed by atoms with E-state index in [0.29, 0.717) is 6.04 Å². The lowest BCUT2D eigenvalue weighted by Gasteiger charge is -2.25. The van der Waals surface area contributed by atoms with Crippen molar-refractivity contribution in [2.24, 2.45) is 5.92 Å². The molecule has 1 N–H and O–H groups in total. The molecule has 2 rings (SSSR count). The Kier molecular flexibility index (Phi) is 6.74. The second-order valence-electron chi connectivity index (χ2n) is 6.19. The normalized spacial score (nSPS) is 17.5. The van der Waals surface area contributed by atoms with E-state index in [-0.39, 0.29) is 0 Å². The Morgan fingerprint density at radius 2 is 2.00 bits per heavy atom. The Morgan fingerprint density at radius 3 is 2.57 bits per heavy atom. The quantitative estimate of drug-likeness (QED) is 0.751. The lowest BCUT2D eigenvalue weighted by molar-refractivity contribution is 0.349. The van der Waals surface area contributed by atoms with Crippen LogP contribution in [0.5, 0.6) is 0 Å². The molecule has 1 fully saturated rings. The maximum Gasteiger partial charge on any atom is 0.0766 e. The van der Waals surface area contributed by atoms with Gasteiger partial charge in [-0.15, -0.1) is 0 Å². The minimum Gasteiger partial charge on any atom is -0.313 e. The first kappa shape index (κ1) is 17.0. The van der Waals surface area contributed by atoms with E-state index in [0.717, 1.165) is 31.8 Å². The summed E-state index contributed by atoms with van der Waals surface area (Å²) < 4.78 is 3.44. The van der Waals surface area contributed by atoms with Gasteiger partial charge < -0.3 is 5.32 Å². The highest BCUT2D eigenvalue weighted by Crippen LogP contribution is 2.31. The molecule has 1 aromatic rings. The minimum atomic E-state index is 0.607.